The molecule has 0 fully saturated rings. The van der Waals surface area contributed by atoms with Crippen LogP contribution in [0.4, 0.5) is 5.69 Å². The molecule has 2 aromatic heterocycles. The van der Waals surface area contributed by atoms with Crippen LogP contribution in [0.2, 0.25) is 0 Å². The molecular weight excluding hydrogens is 420 g/mol. The first kappa shape index (κ1) is 21.9. The molecule has 0 saturated heterocycles. The van der Waals surface area contributed by atoms with Crippen LogP contribution in [-0.2, 0) is 26.2 Å². The fourth-order valence-corrected chi connectivity index (χ4v) is 3.45. The molecule has 2 heterocycles. The Morgan fingerprint density at radius 2 is 1.87 bits per heavy atom. The molecule has 3 rings (SSSR count). The molecule has 0 radical (unpaired) electrons. The zero-order valence-electron chi connectivity index (χ0n) is 16.3. The van der Waals surface area contributed by atoms with E-state index in [1.807, 2.05) is 0 Å². The highest BCUT2D eigenvalue weighted by atomic mass is 32.2. The second-order valence-corrected chi connectivity index (χ2v) is 8.08. The van der Waals surface area contributed by atoms with Gasteiger partial charge in [-0.15, -0.1) is 0 Å². The van der Waals surface area contributed by atoms with Crippen molar-refractivity contribution in [2.45, 2.75) is 11.4 Å². The molecule has 1 aromatic carbocycles. The van der Waals surface area contributed by atoms with Crippen LogP contribution in [0.25, 0.3) is 6.08 Å². The van der Waals surface area contributed by atoms with Crippen molar-refractivity contribution in [1.29, 1.82) is 0 Å². The molecule has 160 valence electrons. The van der Waals surface area contributed by atoms with E-state index in [0.717, 1.165) is 0 Å². The highest BCUT2D eigenvalue weighted by Gasteiger charge is 2.14. The number of benzene rings is 1. The van der Waals surface area contributed by atoms with Crippen molar-refractivity contribution in [2.75, 3.05) is 11.9 Å². The molecule has 0 spiro atoms. The van der Waals surface area contributed by atoms with E-state index in [-0.39, 0.29) is 23.9 Å². The Labute approximate surface area is 179 Å². The number of pyridine rings is 1. The van der Waals surface area contributed by atoms with Gasteiger partial charge in [0, 0.05) is 12.3 Å². The van der Waals surface area contributed by atoms with Gasteiger partial charge in [0.1, 0.15) is 5.76 Å². The second kappa shape index (κ2) is 10.3. The Bertz CT molecular complexity index is 1140. The minimum atomic E-state index is -3.69. The maximum Gasteiger partial charge on any atom is 0.244 e. The fraction of sp³-hybridized carbons (Fsp3) is 0.0952. The van der Waals surface area contributed by atoms with Gasteiger partial charge in [-0.3, -0.25) is 14.6 Å². The Morgan fingerprint density at radius 3 is 2.55 bits per heavy atom. The number of anilines is 1. The summed E-state index contributed by atoms with van der Waals surface area (Å²) in [6, 6.07) is 12.7. The van der Waals surface area contributed by atoms with Gasteiger partial charge in [-0.05, 0) is 48.0 Å². The first-order valence-electron chi connectivity index (χ1n) is 9.20. The highest BCUT2D eigenvalue weighted by molar-refractivity contribution is 7.89. The Kier molecular flexibility index (Phi) is 7.31. The molecule has 0 saturated carbocycles. The summed E-state index contributed by atoms with van der Waals surface area (Å²) in [7, 11) is -3.69. The molecule has 9 nitrogen and oxygen atoms in total. The molecule has 0 atom stereocenters. The number of amides is 2. The molecule has 3 aromatic rings. The summed E-state index contributed by atoms with van der Waals surface area (Å²) in [4.78, 5) is 27.7. The molecule has 3 N–H and O–H groups in total. The largest absolute Gasteiger partial charge is 0.468 e. The van der Waals surface area contributed by atoms with Gasteiger partial charge < -0.3 is 15.1 Å². The summed E-state index contributed by atoms with van der Waals surface area (Å²) in [6.45, 7) is -0.151. The van der Waals surface area contributed by atoms with Crippen molar-refractivity contribution in [3.05, 3.63) is 84.6 Å². The number of carbonyl (C=O) groups excluding carboxylic acids is 2. The maximum atomic E-state index is 12.3. The van der Waals surface area contributed by atoms with Crippen molar-refractivity contribution in [2.24, 2.45) is 0 Å². The lowest BCUT2D eigenvalue weighted by molar-refractivity contribution is -0.121. The van der Waals surface area contributed by atoms with Crippen molar-refractivity contribution in [3.63, 3.8) is 0 Å². The maximum absolute atomic E-state index is 12.3. The molecule has 0 aliphatic rings. The highest BCUT2D eigenvalue weighted by Crippen LogP contribution is 2.12. The van der Waals surface area contributed by atoms with Crippen LogP contribution in [0.15, 0.2) is 82.6 Å². The SMILES string of the molecule is O=C(/C=C/c1ccc(S(=O)(=O)NCc2ccco2)cc1)NCC(=O)Nc1cccnc1. The standard InChI is InChI=1S/C21H20N4O5S/c26-20(23-15-21(27)25-17-3-1-11-22-13-17)10-7-16-5-8-19(9-6-16)31(28,29)24-14-18-4-2-12-30-18/h1-13,24H,14-15H2,(H,23,26)(H,25,27)/b10-7+. The number of carbonyl (C=O) groups is 2. The Hall–Kier alpha value is -3.76. The Balaban J connectivity index is 1.48. The number of sulfonamides is 1. The van der Waals surface area contributed by atoms with Crippen LogP contribution in [0.3, 0.4) is 0 Å². The lowest BCUT2D eigenvalue weighted by Gasteiger charge is -2.06. The van der Waals surface area contributed by atoms with E-state index in [9.17, 15) is 18.0 Å². The van der Waals surface area contributed by atoms with Crippen molar-refractivity contribution >= 4 is 33.6 Å². The monoisotopic (exact) mass is 440 g/mol. The van der Waals surface area contributed by atoms with Gasteiger partial charge in [0.2, 0.25) is 21.8 Å². The van der Waals surface area contributed by atoms with Crippen molar-refractivity contribution < 1.29 is 22.4 Å². The lowest BCUT2D eigenvalue weighted by atomic mass is 10.2. The number of nitrogens with zero attached hydrogens (tertiary/aromatic N) is 1. The van der Waals surface area contributed by atoms with Crippen molar-refractivity contribution in [3.8, 4) is 0 Å². The normalized spacial score (nSPS) is 11.4. The number of rotatable bonds is 9. The average Bonchev–Trinajstić information content (AvgIpc) is 3.30. The van der Waals surface area contributed by atoms with Crippen LogP contribution in [0, 0.1) is 0 Å². The van der Waals surface area contributed by atoms with E-state index in [0.29, 0.717) is 17.0 Å². The number of nitrogens with one attached hydrogen (secondary N) is 3. The number of furan rings is 1. The van der Waals surface area contributed by atoms with Gasteiger partial charge in [-0.25, -0.2) is 13.1 Å². The van der Waals surface area contributed by atoms with Gasteiger partial charge in [0.05, 0.1) is 36.1 Å². The molecular formula is C21H20N4O5S. The van der Waals surface area contributed by atoms with Crippen LogP contribution in [0.5, 0.6) is 0 Å². The summed E-state index contributed by atoms with van der Waals surface area (Å²) in [5, 5.41) is 5.07. The molecule has 0 bridgehead atoms. The minimum absolute atomic E-state index is 0.0471. The van der Waals surface area contributed by atoms with Gasteiger partial charge in [-0.1, -0.05) is 12.1 Å². The molecule has 31 heavy (non-hydrogen) atoms. The predicted molar refractivity (Wildman–Crippen MR) is 114 cm³/mol. The average molecular weight is 440 g/mol. The minimum Gasteiger partial charge on any atom is -0.468 e. The summed E-state index contributed by atoms with van der Waals surface area (Å²) in [6.07, 6.45) is 7.32. The molecule has 0 unspecified atom stereocenters. The summed E-state index contributed by atoms with van der Waals surface area (Å²) < 4.78 is 32.2. The number of aromatic nitrogens is 1. The van der Waals surface area contributed by atoms with Crippen LogP contribution >= 0.6 is 0 Å². The topological polar surface area (TPSA) is 130 Å². The van der Waals surface area contributed by atoms with E-state index in [2.05, 4.69) is 20.3 Å². The van der Waals surface area contributed by atoms with Gasteiger partial charge in [0.25, 0.3) is 0 Å². The fourth-order valence-electron chi connectivity index (χ4n) is 2.46. The zero-order valence-corrected chi connectivity index (χ0v) is 17.1. The lowest BCUT2D eigenvalue weighted by Crippen LogP contribution is -2.31. The first-order valence-corrected chi connectivity index (χ1v) is 10.7. The molecule has 2 amide bonds. The van der Waals surface area contributed by atoms with Crippen molar-refractivity contribution in [1.82, 2.24) is 15.0 Å². The quantitative estimate of drug-likeness (QED) is 0.436. The van der Waals surface area contributed by atoms with E-state index >= 15 is 0 Å². The molecule has 0 aliphatic carbocycles. The molecule has 10 heteroatoms. The van der Waals surface area contributed by atoms with E-state index in [1.165, 1.54) is 36.7 Å². The predicted octanol–water partition coefficient (Wildman–Crippen LogP) is 1.92. The summed E-state index contributed by atoms with van der Waals surface area (Å²) in [5.74, 6) is -0.340. The smallest absolute Gasteiger partial charge is 0.244 e. The van der Waals surface area contributed by atoms with Gasteiger partial charge in [0.15, 0.2) is 0 Å². The first-order chi connectivity index (χ1) is 14.9. The second-order valence-electron chi connectivity index (χ2n) is 6.31. The third kappa shape index (κ3) is 6.91. The number of hydrogen-bond acceptors (Lipinski definition) is 6. The third-order valence-corrected chi connectivity index (χ3v) is 5.42. The zero-order chi connectivity index (χ0) is 22.1. The van der Waals surface area contributed by atoms with Crippen LogP contribution < -0.4 is 15.4 Å². The summed E-state index contributed by atoms with van der Waals surface area (Å²) >= 11 is 0. The van der Waals surface area contributed by atoms with E-state index < -0.39 is 15.9 Å². The van der Waals surface area contributed by atoms with E-state index in [4.69, 9.17) is 4.42 Å². The number of hydrogen-bond donors (Lipinski definition) is 3. The molecule has 0 aliphatic heterocycles. The van der Waals surface area contributed by atoms with Crippen LogP contribution in [0.1, 0.15) is 11.3 Å². The Morgan fingerprint density at radius 1 is 1.06 bits per heavy atom. The van der Waals surface area contributed by atoms with Crippen LogP contribution in [-0.4, -0.2) is 31.8 Å². The third-order valence-electron chi connectivity index (χ3n) is 4.00. The van der Waals surface area contributed by atoms with Gasteiger partial charge in [-0.2, -0.15) is 0 Å². The summed E-state index contributed by atoms with van der Waals surface area (Å²) in [5.41, 5.74) is 1.16. The van der Waals surface area contributed by atoms with Gasteiger partial charge >= 0.3 is 0 Å². The van der Waals surface area contributed by atoms with E-state index in [1.54, 1.807) is 42.6 Å².